The number of carbonyl (C=O) groups is 1. The summed E-state index contributed by atoms with van der Waals surface area (Å²) in [7, 11) is 0. The number of aromatic hydroxyl groups is 1. The van der Waals surface area contributed by atoms with Crippen molar-refractivity contribution in [3.8, 4) is 11.5 Å². The number of amides is 1. The van der Waals surface area contributed by atoms with Crippen LogP contribution in [-0.2, 0) is 9.53 Å². The molecule has 0 radical (unpaired) electrons. The molecular formula is C19H19ClN2O4. The van der Waals surface area contributed by atoms with Gasteiger partial charge in [0.05, 0.1) is 18.9 Å². The fourth-order valence-corrected chi connectivity index (χ4v) is 2.63. The molecule has 1 N–H and O–H groups in total. The molecular weight excluding hydrogens is 356 g/mol. The van der Waals surface area contributed by atoms with Crippen molar-refractivity contribution < 1.29 is 19.4 Å². The molecule has 1 heterocycles. The summed E-state index contributed by atoms with van der Waals surface area (Å²) in [5.74, 6) is 0.655. The van der Waals surface area contributed by atoms with Gasteiger partial charge < -0.3 is 19.5 Å². The second-order valence-corrected chi connectivity index (χ2v) is 6.17. The third-order valence-electron chi connectivity index (χ3n) is 3.91. The zero-order valence-corrected chi connectivity index (χ0v) is 14.9. The Kier molecular flexibility index (Phi) is 6.09. The van der Waals surface area contributed by atoms with Crippen LogP contribution >= 0.6 is 11.6 Å². The summed E-state index contributed by atoms with van der Waals surface area (Å²) in [5, 5.41) is 10.3. The van der Waals surface area contributed by atoms with Crippen molar-refractivity contribution in [1.82, 2.24) is 4.90 Å². The molecule has 0 bridgehead atoms. The van der Waals surface area contributed by atoms with Crippen LogP contribution in [-0.4, -0.2) is 55.0 Å². The van der Waals surface area contributed by atoms with Crippen LogP contribution in [0.4, 0.5) is 5.69 Å². The molecule has 0 saturated carbocycles. The monoisotopic (exact) mass is 374 g/mol. The normalized spacial score (nSPS) is 14.6. The molecule has 26 heavy (non-hydrogen) atoms. The van der Waals surface area contributed by atoms with Crippen LogP contribution in [0.25, 0.3) is 0 Å². The molecule has 136 valence electrons. The minimum atomic E-state index is -0.0492. The highest BCUT2D eigenvalue weighted by molar-refractivity contribution is 6.30. The first-order chi connectivity index (χ1) is 12.6. The fraction of sp³-hybridized carbons (Fsp3) is 0.263. The first-order valence-electron chi connectivity index (χ1n) is 8.23. The van der Waals surface area contributed by atoms with Crippen LogP contribution in [0.5, 0.6) is 11.5 Å². The highest BCUT2D eigenvalue weighted by atomic mass is 35.5. The average molecular weight is 375 g/mol. The van der Waals surface area contributed by atoms with Gasteiger partial charge in [-0.05, 0) is 42.5 Å². The van der Waals surface area contributed by atoms with Crippen molar-refractivity contribution in [3.63, 3.8) is 0 Å². The first-order valence-corrected chi connectivity index (χ1v) is 8.60. The minimum absolute atomic E-state index is 0.000991. The number of hydrogen-bond donors (Lipinski definition) is 1. The minimum Gasteiger partial charge on any atom is -0.507 e. The zero-order chi connectivity index (χ0) is 18.4. The van der Waals surface area contributed by atoms with Gasteiger partial charge in [-0.25, -0.2) is 0 Å². The van der Waals surface area contributed by atoms with Gasteiger partial charge in [-0.1, -0.05) is 11.6 Å². The summed E-state index contributed by atoms with van der Waals surface area (Å²) in [6, 6.07) is 11.8. The zero-order valence-electron chi connectivity index (χ0n) is 14.1. The Bertz CT molecular complexity index is 787. The Labute approximate surface area is 156 Å². The molecule has 6 nitrogen and oxygen atoms in total. The van der Waals surface area contributed by atoms with Crippen molar-refractivity contribution in [3.05, 3.63) is 53.1 Å². The van der Waals surface area contributed by atoms with Gasteiger partial charge in [0.1, 0.15) is 11.5 Å². The maximum absolute atomic E-state index is 12.0. The van der Waals surface area contributed by atoms with Crippen LogP contribution < -0.4 is 4.74 Å². The molecule has 1 fully saturated rings. The molecule has 2 aromatic rings. The van der Waals surface area contributed by atoms with E-state index in [1.165, 1.54) is 6.07 Å². The molecule has 2 aromatic carbocycles. The summed E-state index contributed by atoms with van der Waals surface area (Å²) >= 11 is 5.91. The lowest BCUT2D eigenvalue weighted by Crippen LogP contribution is -2.42. The molecule has 3 rings (SSSR count). The molecule has 0 aromatic heterocycles. The number of nitrogens with zero attached hydrogens (tertiary/aromatic N) is 2. The van der Waals surface area contributed by atoms with Crippen molar-refractivity contribution in [2.24, 2.45) is 4.99 Å². The van der Waals surface area contributed by atoms with Gasteiger partial charge in [-0.3, -0.25) is 9.79 Å². The van der Waals surface area contributed by atoms with Crippen molar-refractivity contribution in [1.29, 1.82) is 0 Å². The maximum atomic E-state index is 12.0. The predicted molar refractivity (Wildman–Crippen MR) is 99.7 cm³/mol. The van der Waals surface area contributed by atoms with Gasteiger partial charge in [-0.15, -0.1) is 0 Å². The predicted octanol–water partition coefficient (Wildman–Crippen LogP) is 3.03. The average Bonchev–Trinajstić information content (AvgIpc) is 2.68. The fourth-order valence-electron chi connectivity index (χ4n) is 2.45. The lowest BCUT2D eigenvalue weighted by Gasteiger charge is -2.26. The second kappa shape index (κ2) is 8.69. The Morgan fingerprint density at radius 1 is 1.23 bits per heavy atom. The molecule has 1 amide bonds. The third-order valence-corrected chi connectivity index (χ3v) is 4.14. The van der Waals surface area contributed by atoms with E-state index in [4.69, 9.17) is 21.1 Å². The third kappa shape index (κ3) is 4.97. The van der Waals surface area contributed by atoms with Crippen LogP contribution in [0.3, 0.4) is 0 Å². The van der Waals surface area contributed by atoms with Crippen LogP contribution in [0.15, 0.2) is 47.5 Å². The molecule has 1 aliphatic heterocycles. The molecule has 7 heteroatoms. The number of aliphatic imine (C=N–C) groups is 1. The maximum Gasteiger partial charge on any atom is 0.260 e. The van der Waals surface area contributed by atoms with E-state index in [1.54, 1.807) is 47.5 Å². The van der Waals surface area contributed by atoms with Gasteiger partial charge >= 0.3 is 0 Å². The van der Waals surface area contributed by atoms with E-state index < -0.39 is 0 Å². The Morgan fingerprint density at radius 3 is 2.69 bits per heavy atom. The largest absolute Gasteiger partial charge is 0.507 e. The second-order valence-electron chi connectivity index (χ2n) is 5.74. The number of benzene rings is 2. The van der Waals surface area contributed by atoms with Crippen LogP contribution in [0, 0.1) is 0 Å². The number of morpholine rings is 1. The Balaban J connectivity index is 1.55. The quantitative estimate of drug-likeness (QED) is 0.816. The van der Waals surface area contributed by atoms with Crippen molar-refractivity contribution in [2.75, 3.05) is 32.9 Å². The summed E-state index contributed by atoms with van der Waals surface area (Å²) in [6.07, 6.45) is 1.54. The van der Waals surface area contributed by atoms with Gasteiger partial charge in [0.25, 0.3) is 5.91 Å². The number of ether oxygens (including phenoxy) is 2. The van der Waals surface area contributed by atoms with Gasteiger partial charge in [0.15, 0.2) is 6.61 Å². The Hall–Kier alpha value is -2.57. The van der Waals surface area contributed by atoms with E-state index in [2.05, 4.69) is 4.99 Å². The highest BCUT2D eigenvalue weighted by Crippen LogP contribution is 2.22. The molecule has 0 aliphatic carbocycles. The SMILES string of the molecule is O=C(COc1ccc(N=Cc2cc(Cl)ccc2O)cc1)N1CCOCC1. The van der Waals surface area contributed by atoms with Crippen molar-refractivity contribution in [2.45, 2.75) is 0 Å². The molecule has 1 aliphatic rings. The van der Waals surface area contributed by atoms with E-state index >= 15 is 0 Å². The van der Waals surface area contributed by atoms with Gasteiger partial charge in [0.2, 0.25) is 0 Å². The number of halogens is 1. The van der Waals surface area contributed by atoms with Crippen LogP contribution in [0.2, 0.25) is 5.02 Å². The highest BCUT2D eigenvalue weighted by Gasteiger charge is 2.16. The molecule has 0 spiro atoms. The summed E-state index contributed by atoms with van der Waals surface area (Å²) in [4.78, 5) is 18.1. The number of phenols is 1. The van der Waals surface area contributed by atoms with Crippen molar-refractivity contribution >= 4 is 29.4 Å². The summed E-state index contributed by atoms with van der Waals surface area (Å²) in [6.45, 7) is 2.35. The van der Waals surface area contributed by atoms with Gasteiger partial charge in [-0.2, -0.15) is 0 Å². The molecule has 0 atom stereocenters. The van der Waals surface area contributed by atoms with E-state index in [1.807, 2.05) is 0 Å². The van der Waals surface area contributed by atoms with E-state index in [0.29, 0.717) is 48.3 Å². The Morgan fingerprint density at radius 2 is 1.96 bits per heavy atom. The van der Waals surface area contributed by atoms with E-state index in [9.17, 15) is 9.90 Å². The molecule has 1 saturated heterocycles. The first kappa shape index (κ1) is 18.2. The number of phenolic OH excluding ortho intramolecular Hbond substituents is 1. The lowest BCUT2D eigenvalue weighted by molar-refractivity contribution is -0.137. The molecule has 0 unspecified atom stereocenters. The van der Waals surface area contributed by atoms with E-state index in [0.717, 1.165) is 0 Å². The topological polar surface area (TPSA) is 71.4 Å². The number of hydrogen-bond acceptors (Lipinski definition) is 5. The van der Waals surface area contributed by atoms with Crippen LogP contribution in [0.1, 0.15) is 5.56 Å². The summed E-state index contributed by atoms with van der Waals surface area (Å²) in [5.41, 5.74) is 1.23. The standard InChI is InChI=1S/C19H19ClN2O4/c20-15-1-6-18(23)14(11-15)12-21-16-2-4-17(5-3-16)26-13-19(24)22-7-9-25-10-8-22/h1-6,11-12,23H,7-10,13H2. The summed E-state index contributed by atoms with van der Waals surface area (Å²) < 4.78 is 10.8. The van der Waals surface area contributed by atoms with E-state index in [-0.39, 0.29) is 18.3 Å². The smallest absolute Gasteiger partial charge is 0.260 e. The number of carbonyl (C=O) groups excluding carboxylic acids is 1. The number of rotatable bonds is 5. The lowest BCUT2D eigenvalue weighted by atomic mass is 10.2. The van der Waals surface area contributed by atoms with Gasteiger partial charge in [0, 0.05) is 29.9 Å².